The minimum atomic E-state index is -0.712. The Bertz CT molecular complexity index is 486. The van der Waals surface area contributed by atoms with Crippen LogP contribution in [0.5, 0.6) is 0 Å². The Balaban J connectivity index is 1.68. The van der Waals surface area contributed by atoms with Gasteiger partial charge in [0.15, 0.2) is 0 Å². The molecule has 0 spiro atoms. The van der Waals surface area contributed by atoms with E-state index in [4.69, 9.17) is 11.5 Å². The van der Waals surface area contributed by atoms with E-state index in [2.05, 4.69) is 10.6 Å². The normalized spacial score (nSPS) is 22.7. The van der Waals surface area contributed by atoms with Crippen LogP contribution in [0.15, 0.2) is 0 Å². The Labute approximate surface area is 163 Å². The number of carbonyl (C=O) groups excluding carboxylic acids is 1. The second kappa shape index (κ2) is 10.4. The molecule has 2 aliphatic carbocycles. The maximum Gasteiger partial charge on any atom is 0.310 e. The van der Waals surface area contributed by atoms with Gasteiger partial charge in [-0.1, -0.05) is 38.5 Å². The van der Waals surface area contributed by atoms with Crippen LogP contribution in [0.25, 0.3) is 0 Å². The number of carbonyl (C=O) groups is 2. The molecular formula is C20H38N4O3. The smallest absolute Gasteiger partial charge is 0.310 e. The lowest BCUT2D eigenvalue weighted by atomic mass is 9.71. The van der Waals surface area contributed by atoms with Gasteiger partial charge in [-0.15, -0.1) is 0 Å². The SMILES string of the molecule is NCC1(CC(=O)NC[C@H](N)CNCC2(C(=O)O)CCCCC2)CCCCC1. The number of amides is 1. The van der Waals surface area contributed by atoms with E-state index in [0.717, 1.165) is 57.8 Å². The molecule has 1 atom stereocenters. The molecule has 0 aromatic carbocycles. The first-order valence-corrected chi connectivity index (χ1v) is 10.6. The van der Waals surface area contributed by atoms with Crippen LogP contribution in [0.2, 0.25) is 0 Å². The van der Waals surface area contributed by atoms with Gasteiger partial charge < -0.3 is 27.2 Å². The topological polar surface area (TPSA) is 130 Å². The van der Waals surface area contributed by atoms with Crippen LogP contribution in [0.3, 0.4) is 0 Å². The highest BCUT2D eigenvalue weighted by atomic mass is 16.4. The molecule has 0 unspecified atom stereocenters. The largest absolute Gasteiger partial charge is 0.481 e. The third-order valence-corrected chi connectivity index (χ3v) is 6.58. The highest BCUT2D eigenvalue weighted by molar-refractivity contribution is 5.76. The van der Waals surface area contributed by atoms with Gasteiger partial charge in [-0.3, -0.25) is 9.59 Å². The molecule has 0 saturated heterocycles. The number of carboxylic acid groups (broad SMARTS) is 1. The minimum Gasteiger partial charge on any atom is -0.481 e. The Morgan fingerprint density at radius 2 is 1.56 bits per heavy atom. The lowest BCUT2D eigenvalue weighted by Crippen LogP contribution is -2.49. The molecule has 7 heteroatoms. The average Bonchev–Trinajstić information content (AvgIpc) is 2.68. The first kappa shape index (κ1) is 22.1. The van der Waals surface area contributed by atoms with Crippen LogP contribution >= 0.6 is 0 Å². The van der Waals surface area contributed by atoms with Crippen molar-refractivity contribution < 1.29 is 14.7 Å². The molecule has 7 nitrogen and oxygen atoms in total. The van der Waals surface area contributed by atoms with E-state index < -0.39 is 11.4 Å². The van der Waals surface area contributed by atoms with Crippen molar-refractivity contribution in [1.82, 2.24) is 10.6 Å². The summed E-state index contributed by atoms with van der Waals surface area (Å²) in [6.07, 6.45) is 10.6. The number of nitrogens with two attached hydrogens (primary N) is 2. The molecule has 7 N–H and O–H groups in total. The van der Waals surface area contributed by atoms with Crippen LogP contribution in [0.1, 0.15) is 70.6 Å². The number of hydrogen-bond donors (Lipinski definition) is 5. The summed E-state index contributed by atoms with van der Waals surface area (Å²) in [7, 11) is 0. The third-order valence-electron chi connectivity index (χ3n) is 6.58. The summed E-state index contributed by atoms with van der Waals surface area (Å²) in [5.74, 6) is -0.691. The van der Waals surface area contributed by atoms with Gasteiger partial charge >= 0.3 is 5.97 Å². The van der Waals surface area contributed by atoms with Gasteiger partial charge in [0.1, 0.15) is 0 Å². The molecule has 0 aromatic heterocycles. The van der Waals surface area contributed by atoms with E-state index in [0.29, 0.717) is 32.6 Å². The molecule has 0 heterocycles. The van der Waals surface area contributed by atoms with Crippen LogP contribution in [-0.4, -0.2) is 49.2 Å². The molecule has 0 bridgehead atoms. The third kappa shape index (κ3) is 6.43. The maximum absolute atomic E-state index is 12.3. The molecule has 0 aliphatic heterocycles. The molecule has 2 aliphatic rings. The Hall–Kier alpha value is -1.18. The van der Waals surface area contributed by atoms with Gasteiger partial charge in [0.2, 0.25) is 5.91 Å². The molecule has 0 aromatic rings. The Kier molecular flexibility index (Phi) is 8.51. The fourth-order valence-electron chi connectivity index (χ4n) is 4.67. The molecule has 156 valence electrons. The second-order valence-corrected chi connectivity index (χ2v) is 8.78. The number of nitrogens with one attached hydrogen (secondary N) is 2. The first-order valence-electron chi connectivity index (χ1n) is 10.6. The van der Waals surface area contributed by atoms with E-state index in [-0.39, 0.29) is 17.4 Å². The van der Waals surface area contributed by atoms with Crippen LogP contribution in [0.4, 0.5) is 0 Å². The summed E-state index contributed by atoms with van der Waals surface area (Å²) in [4.78, 5) is 24.0. The van der Waals surface area contributed by atoms with Gasteiger partial charge in [-0.05, 0) is 37.6 Å². The van der Waals surface area contributed by atoms with Crippen LogP contribution in [0, 0.1) is 10.8 Å². The van der Waals surface area contributed by atoms with Gasteiger partial charge in [-0.25, -0.2) is 0 Å². The Morgan fingerprint density at radius 1 is 0.963 bits per heavy atom. The summed E-state index contributed by atoms with van der Waals surface area (Å²) >= 11 is 0. The first-order chi connectivity index (χ1) is 12.9. The van der Waals surface area contributed by atoms with Gasteiger partial charge in [0, 0.05) is 32.1 Å². The molecule has 1 amide bonds. The van der Waals surface area contributed by atoms with Crippen molar-refractivity contribution >= 4 is 11.9 Å². The van der Waals surface area contributed by atoms with Crippen molar-refractivity contribution in [2.45, 2.75) is 76.7 Å². The quantitative estimate of drug-likeness (QED) is 0.388. The summed E-state index contributed by atoms with van der Waals surface area (Å²) in [6.45, 7) is 1.90. The number of rotatable bonds is 10. The van der Waals surface area contributed by atoms with Gasteiger partial charge in [0.25, 0.3) is 0 Å². The number of hydrogen-bond acceptors (Lipinski definition) is 5. The molecule has 2 saturated carbocycles. The molecule has 27 heavy (non-hydrogen) atoms. The van der Waals surface area contributed by atoms with Crippen LogP contribution in [-0.2, 0) is 9.59 Å². The summed E-state index contributed by atoms with van der Waals surface area (Å²) in [6, 6.07) is -0.233. The van der Waals surface area contributed by atoms with Gasteiger partial charge in [-0.2, -0.15) is 0 Å². The molecule has 2 fully saturated rings. The van der Waals surface area contributed by atoms with E-state index in [1.807, 2.05) is 0 Å². The zero-order valence-corrected chi connectivity index (χ0v) is 16.6. The standard InChI is InChI=1S/C20H38N4O3/c21-14-19(7-3-1-4-8-19)11-17(25)24-13-16(22)12-23-15-20(18(26)27)9-5-2-6-10-20/h16,23H,1-15,21-22H2,(H,24,25)(H,26,27)/t16-/m1/s1. The molecule has 2 rings (SSSR count). The average molecular weight is 383 g/mol. The van der Waals surface area contributed by atoms with Crippen molar-refractivity contribution in [3.05, 3.63) is 0 Å². The fourth-order valence-corrected chi connectivity index (χ4v) is 4.67. The van der Waals surface area contributed by atoms with Gasteiger partial charge in [0.05, 0.1) is 5.41 Å². The van der Waals surface area contributed by atoms with Crippen molar-refractivity contribution in [2.75, 3.05) is 26.2 Å². The highest BCUT2D eigenvalue weighted by Crippen LogP contribution is 2.38. The Morgan fingerprint density at radius 3 is 2.11 bits per heavy atom. The summed E-state index contributed by atoms with van der Waals surface area (Å²) in [5, 5.41) is 15.8. The molecule has 0 radical (unpaired) electrons. The number of carboxylic acids is 1. The maximum atomic E-state index is 12.3. The zero-order chi connectivity index (χ0) is 19.8. The monoisotopic (exact) mass is 382 g/mol. The minimum absolute atomic E-state index is 0.0205. The van der Waals surface area contributed by atoms with Crippen molar-refractivity contribution in [1.29, 1.82) is 0 Å². The van der Waals surface area contributed by atoms with Crippen molar-refractivity contribution in [3.63, 3.8) is 0 Å². The van der Waals surface area contributed by atoms with Crippen molar-refractivity contribution in [3.8, 4) is 0 Å². The fraction of sp³-hybridized carbons (Fsp3) is 0.900. The number of aliphatic carboxylic acids is 1. The summed E-state index contributed by atoms with van der Waals surface area (Å²) in [5.41, 5.74) is 11.4. The van der Waals surface area contributed by atoms with E-state index in [1.165, 1.54) is 6.42 Å². The predicted molar refractivity (Wildman–Crippen MR) is 106 cm³/mol. The van der Waals surface area contributed by atoms with E-state index in [1.54, 1.807) is 0 Å². The highest BCUT2D eigenvalue weighted by Gasteiger charge is 2.39. The van der Waals surface area contributed by atoms with Crippen LogP contribution < -0.4 is 22.1 Å². The molecular weight excluding hydrogens is 344 g/mol. The van der Waals surface area contributed by atoms with Crippen molar-refractivity contribution in [2.24, 2.45) is 22.3 Å². The zero-order valence-electron chi connectivity index (χ0n) is 16.6. The lowest BCUT2D eigenvalue weighted by Gasteiger charge is -2.35. The predicted octanol–water partition coefficient (Wildman–Crippen LogP) is 1.35. The summed E-state index contributed by atoms with van der Waals surface area (Å²) < 4.78 is 0. The lowest BCUT2D eigenvalue weighted by molar-refractivity contribution is -0.150. The van der Waals surface area contributed by atoms with E-state index in [9.17, 15) is 14.7 Å². The van der Waals surface area contributed by atoms with E-state index >= 15 is 0 Å². The second-order valence-electron chi connectivity index (χ2n) is 8.78.